The minimum atomic E-state index is -0.389. The number of nitrogens with zero attached hydrogens (tertiary/aromatic N) is 1. The molecule has 4 nitrogen and oxygen atoms in total. The summed E-state index contributed by atoms with van der Waals surface area (Å²) in [6.07, 6.45) is 1.04. The minimum Gasteiger partial charge on any atom is -0.375 e. The van der Waals surface area contributed by atoms with E-state index in [2.05, 4.69) is 6.92 Å². The van der Waals surface area contributed by atoms with Gasteiger partial charge in [0.25, 0.3) is 0 Å². The highest BCUT2D eigenvalue weighted by Crippen LogP contribution is 2.16. The summed E-state index contributed by atoms with van der Waals surface area (Å²) in [7, 11) is 0. The average molecular weight is 228 g/mol. The Hall–Kier alpha value is -0.610. The third-order valence-corrected chi connectivity index (χ3v) is 3.23. The van der Waals surface area contributed by atoms with Gasteiger partial charge in [0.1, 0.15) is 0 Å². The molecule has 0 aromatic carbocycles. The standard InChI is InChI=1S/C12H24N2O2/c1-5-10-7-16-9(4)6-14(10)12(15)11(13)8(2)3/h8-11H,5-7,13H2,1-4H3/t9?,10?,11-/m0/s1. The number of hydrogen-bond donors (Lipinski definition) is 1. The van der Waals surface area contributed by atoms with E-state index in [0.29, 0.717) is 13.2 Å². The van der Waals surface area contributed by atoms with Crippen LogP contribution in [0.1, 0.15) is 34.1 Å². The van der Waals surface area contributed by atoms with Gasteiger partial charge in [0.2, 0.25) is 5.91 Å². The van der Waals surface area contributed by atoms with Crippen LogP contribution in [0.25, 0.3) is 0 Å². The molecule has 1 rings (SSSR count). The van der Waals surface area contributed by atoms with Gasteiger partial charge in [0.05, 0.1) is 24.8 Å². The molecule has 2 unspecified atom stereocenters. The van der Waals surface area contributed by atoms with E-state index >= 15 is 0 Å². The van der Waals surface area contributed by atoms with Crippen molar-refractivity contribution in [2.45, 2.75) is 52.3 Å². The summed E-state index contributed by atoms with van der Waals surface area (Å²) in [5.41, 5.74) is 5.92. The van der Waals surface area contributed by atoms with E-state index in [1.165, 1.54) is 0 Å². The van der Waals surface area contributed by atoms with E-state index in [1.807, 2.05) is 25.7 Å². The Balaban J connectivity index is 2.70. The largest absolute Gasteiger partial charge is 0.375 e. The van der Waals surface area contributed by atoms with Crippen molar-refractivity contribution in [1.82, 2.24) is 4.90 Å². The minimum absolute atomic E-state index is 0.0667. The zero-order valence-electron chi connectivity index (χ0n) is 10.8. The molecule has 16 heavy (non-hydrogen) atoms. The van der Waals surface area contributed by atoms with Crippen LogP contribution < -0.4 is 5.73 Å². The first-order chi connectivity index (χ1) is 7.47. The highest BCUT2D eigenvalue weighted by atomic mass is 16.5. The third kappa shape index (κ3) is 2.95. The highest BCUT2D eigenvalue weighted by Gasteiger charge is 2.32. The SMILES string of the molecule is CCC1COC(C)CN1C(=O)[C@@H](N)C(C)C. The van der Waals surface area contributed by atoms with Crippen molar-refractivity contribution in [2.24, 2.45) is 11.7 Å². The summed E-state index contributed by atoms with van der Waals surface area (Å²) >= 11 is 0. The van der Waals surface area contributed by atoms with Gasteiger partial charge in [-0.1, -0.05) is 20.8 Å². The van der Waals surface area contributed by atoms with Crippen molar-refractivity contribution < 1.29 is 9.53 Å². The van der Waals surface area contributed by atoms with E-state index in [4.69, 9.17) is 10.5 Å². The molecular formula is C12H24N2O2. The smallest absolute Gasteiger partial charge is 0.240 e. The lowest BCUT2D eigenvalue weighted by Gasteiger charge is -2.40. The molecule has 0 saturated carbocycles. The quantitative estimate of drug-likeness (QED) is 0.784. The Labute approximate surface area is 98.1 Å². The molecule has 1 heterocycles. The van der Waals surface area contributed by atoms with Gasteiger partial charge in [-0.2, -0.15) is 0 Å². The summed E-state index contributed by atoms with van der Waals surface area (Å²) in [4.78, 5) is 14.1. The molecule has 94 valence electrons. The molecule has 4 heteroatoms. The van der Waals surface area contributed by atoms with Gasteiger partial charge in [-0.3, -0.25) is 4.79 Å². The van der Waals surface area contributed by atoms with E-state index in [1.54, 1.807) is 0 Å². The maximum Gasteiger partial charge on any atom is 0.240 e. The van der Waals surface area contributed by atoms with E-state index in [9.17, 15) is 4.79 Å². The van der Waals surface area contributed by atoms with Crippen LogP contribution in [0.4, 0.5) is 0 Å². The molecule has 0 spiro atoms. The Morgan fingerprint density at radius 1 is 1.56 bits per heavy atom. The zero-order valence-corrected chi connectivity index (χ0v) is 10.8. The molecule has 1 saturated heterocycles. The first-order valence-electron chi connectivity index (χ1n) is 6.15. The van der Waals surface area contributed by atoms with Crippen LogP contribution in [-0.2, 0) is 9.53 Å². The second-order valence-electron chi connectivity index (χ2n) is 4.97. The van der Waals surface area contributed by atoms with Gasteiger partial charge < -0.3 is 15.4 Å². The van der Waals surface area contributed by atoms with E-state index in [-0.39, 0.29) is 30.0 Å². The number of ether oxygens (including phenoxy) is 1. The zero-order chi connectivity index (χ0) is 12.3. The van der Waals surface area contributed by atoms with Crippen molar-refractivity contribution in [3.63, 3.8) is 0 Å². The lowest BCUT2D eigenvalue weighted by molar-refractivity contribution is -0.146. The Bertz CT molecular complexity index is 243. The molecule has 2 N–H and O–H groups in total. The number of nitrogens with two attached hydrogens (primary N) is 1. The number of rotatable bonds is 3. The number of hydrogen-bond acceptors (Lipinski definition) is 3. The first-order valence-corrected chi connectivity index (χ1v) is 6.15. The lowest BCUT2D eigenvalue weighted by Crippen LogP contribution is -2.56. The first kappa shape index (κ1) is 13.5. The number of morpholine rings is 1. The number of carbonyl (C=O) groups excluding carboxylic acids is 1. The van der Waals surface area contributed by atoms with Crippen LogP contribution in [-0.4, -0.2) is 42.1 Å². The molecule has 0 aromatic rings. The predicted molar refractivity (Wildman–Crippen MR) is 64.0 cm³/mol. The van der Waals surface area contributed by atoms with Crippen LogP contribution in [0.15, 0.2) is 0 Å². The lowest BCUT2D eigenvalue weighted by atomic mass is 10.0. The van der Waals surface area contributed by atoms with Crippen molar-refractivity contribution >= 4 is 5.91 Å². The summed E-state index contributed by atoms with van der Waals surface area (Å²) in [6.45, 7) is 9.32. The predicted octanol–water partition coefficient (Wildman–Crippen LogP) is 0.996. The fourth-order valence-electron chi connectivity index (χ4n) is 1.93. The van der Waals surface area contributed by atoms with Gasteiger partial charge in [0, 0.05) is 6.54 Å². The highest BCUT2D eigenvalue weighted by molar-refractivity contribution is 5.82. The van der Waals surface area contributed by atoms with Crippen molar-refractivity contribution in [1.29, 1.82) is 0 Å². The molecule has 0 aromatic heterocycles. The molecule has 0 radical (unpaired) electrons. The van der Waals surface area contributed by atoms with Gasteiger partial charge in [-0.25, -0.2) is 0 Å². The Kier molecular flexibility index (Phi) is 4.74. The molecule has 1 fully saturated rings. The van der Waals surface area contributed by atoms with E-state index < -0.39 is 0 Å². The molecule has 1 aliphatic heterocycles. The molecule has 3 atom stereocenters. The van der Waals surface area contributed by atoms with Crippen LogP contribution in [0, 0.1) is 5.92 Å². The fraction of sp³-hybridized carbons (Fsp3) is 0.917. The number of amides is 1. The second-order valence-corrected chi connectivity index (χ2v) is 4.97. The van der Waals surface area contributed by atoms with Gasteiger partial charge in [0.15, 0.2) is 0 Å². The van der Waals surface area contributed by atoms with Crippen molar-refractivity contribution in [2.75, 3.05) is 13.2 Å². The van der Waals surface area contributed by atoms with Crippen LogP contribution in [0.2, 0.25) is 0 Å². The van der Waals surface area contributed by atoms with Crippen molar-refractivity contribution in [3.05, 3.63) is 0 Å². The van der Waals surface area contributed by atoms with Gasteiger partial charge >= 0.3 is 0 Å². The third-order valence-electron chi connectivity index (χ3n) is 3.23. The van der Waals surface area contributed by atoms with Gasteiger partial charge in [-0.15, -0.1) is 0 Å². The van der Waals surface area contributed by atoms with Gasteiger partial charge in [-0.05, 0) is 19.3 Å². The molecule has 1 aliphatic rings. The maximum atomic E-state index is 12.2. The Morgan fingerprint density at radius 3 is 2.69 bits per heavy atom. The average Bonchev–Trinajstić information content (AvgIpc) is 2.26. The Morgan fingerprint density at radius 2 is 2.19 bits per heavy atom. The summed E-state index contributed by atoms with van der Waals surface area (Å²) < 4.78 is 5.57. The summed E-state index contributed by atoms with van der Waals surface area (Å²) in [5, 5.41) is 0. The van der Waals surface area contributed by atoms with E-state index in [0.717, 1.165) is 6.42 Å². The molecule has 0 bridgehead atoms. The summed E-state index contributed by atoms with van der Waals surface area (Å²) in [6, 6.07) is -0.201. The maximum absolute atomic E-state index is 12.2. The molecular weight excluding hydrogens is 204 g/mol. The van der Waals surface area contributed by atoms with Crippen LogP contribution >= 0.6 is 0 Å². The van der Waals surface area contributed by atoms with Crippen LogP contribution in [0.5, 0.6) is 0 Å². The molecule has 0 aliphatic carbocycles. The monoisotopic (exact) mass is 228 g/mol. The summed E-state index contributed by atoms with van der Waals surface area (Å²) in [5.74, 6) is 0.250. The van der Waals surface area contributed by atoms with Crippen LogP contribution in [0.3, 0.4) is 0 Å². The topological polar surface area (TPSA) is 55.6 Å². The fourth-order valence-corrected chi connectivity index (χ4v) is 1.93. The number of carbonyl (C=O) groups is 1. The normalized spacial score (nSPS) is 28.2. The van der Waals surface area contributed by atoms with Crippen molar-refractivity contribution in [3.8, 4) is 0 Å². The second kappa shape index (κ2) is 5.64. The molecule has 1 amide bonds.